The van der Waals surface area contributed by atoms with E-state index in [9.17, 15) is 4.79 Å². The van der Waals surface area contributed by atoms with Crippen molar-refractivity contribution in [3.8, 4) is 0 Å². The SMILES string of the molecule is O=C1NC2C1CCCC[C@@H]1C[C@H]21. The fourth-order valence-electron chi connectivity index (χ4n) is 2.97. The molecule has 2 saturated carbocycles. The van der Waals surface area contributed by atoms with Gasteiger partial charge in [0, 0.05) is 6.04 Å². The van der Waals surface area contributed by atoms with Crippen molar-refractivity contribution < 1.29 is 4.79 Å². The summed E-state index contributed by atoms with van der Waals surface area (Å²) in [4.78, 5) is 11.2. The summed E-state index contributed by atoms with van der Waals surface area (Å²) in [5, 5.41) is 3.06. The van der Waals surface area contributed by atoms with Crippen molar-refractivity contribution in [3.63, 3.8) is 0 Å². The Kier molecular flexibility index (Phi) is 1.29. The Morgan fingerprint density at radius 2 is 2.08 bits per heavy atom. The van der Waals surface area contributed by atoms with E-state index in [4.69, 9.17) is 0 Å². The van der Waals surface area contributed by atoms with E-state index in [1.54, 1.807) is 0 Å². The second kappa shape index (κ2) is 2.24. The highest BCUT2D eigenvalue weighted by Crippen LogP contribution is 2.50. The smallest absolute Gasteiger partial charge is 0.225 e. The number of carbonyl (C=O) groups is 1. The van der Waals surface area contributed by atoms with Crippen molar-refractivity contribution in [3.05, 3.63) is 0 Å². The molecule has 2 nitrogen and oxygen atoms in total. The van der Waals surface area contributed by atoms with E-state index in [1.807, 2.05) is 0 Å². The molecule has 0 radical (unpaired) electrons. The lowest BCUT2D eigenvalue weighted by Gasteiger charge is -2.38. The molecule has 1 aliphatic heterocycles. The van der Waals surface area contributed by atoms with Crippen LogP contribution in [0.1, 0.15) is 32.1 Å². The van der Waals surface area contributed by atoms with Crippen LogP contribution in [0.25, 0.3) is 0 Å². The number of carbonyl (C=O) groups excluding carboxylic acids is 1. The number of hydrogen-bond donors (Lipinski definition) is 1. The first kappa shape index (κ1) is 6.93. The van der Waals surface area contributed by atoms with Gasteiger partial charge in [-0.05, 0) is 24.7 Å². The Hall–Kier alpha value is -0.530. The first-order valence-electron chi connectivity index (χ1n) is 5.16. The van der Waals surface area contributed by atoms with Crippen LogP contribution in [0, 0.1) is 17.8 Å². The molecule has 1 saturated heterocycles. The highest BCUT2D eigenvalue weighted by atomic mass is 16.2. The normalized spacial score (nSPS) is 50.5. The molecule has 0 aromatic rings. The Balaban J connectivity index is 1.75. The van der Waals surface area contributed by atoms with Crippen molar-refractivity contribution in [1.29, 1.82) is 0 Å². The predicted octanol–water partition coefficient (Wildman–Crippen LogP) is 1.31. The summed E-state index contributed by atoms with van der Waals surface area (Å²) >= 11 is 0. The van der Waals surface area contributed by atoms with E-state index < -0.39 is 0 Å². The van der Waals surface area contributed by atoms with Crippen molar-refractivity contribution in [2.75, 3.05) is 0 Å². The number of β-lactam (4-membered cyclic amide) rings is 1. The molecule has 3 rings (SSSR count). The van der Waals surface area contributed by atoms with Crippen molar-refractivity contribution >= 4 is 5.91 Å². The number of rotatable bonds is 0. The molecule has 2 heteroatoms. The summed E-state index contributed by atoms with van der Waals surface area (Å²) in [6.45, 7) is 0. The molecule has 3 aliphatic rings. The summed E-state index contributed by atoms with van der Waals surface area (Å²) in [7, 11) is 0. The number of hydrogen-bond acceptors (Lipinski definition) is 1. The first-order valence-corrected chi connectivity index (χ1v) is 5.16. The van der Waals surface area contributed by atoms with Gasteiger partial charge in [-0.2, -0.15) is 0 Å². The Morgan fingerprint density at radius 3 is 2.92 bits per heavy atom. The zero-order valence-corrected chi connectivity index (χ0v) is 7.25. The second-order valence-electron chi connectivity index (χ2n) is 4.58. The van der Waals surface area contributed by atoms with Gasteiger partial charge in [-0.3, -0.25) is 4.79 Å². The van der Waals surface area contributed by atoms with Crippen molar-refractivity contribution in [2.45, 2.75) is 38.1 Å². The molecule has 2 unspecified atom stereocenters. The molecule has 1 heterocycles. The van der Waals surface area contributed by atoms with Gasteiger partial charge in [0.1, 0.15) is 0 Å². The lowest BCUT2D eigenvalue weighted by molar-refractivity contribution is -0.136. The fourth-order valence-corrected chi connectivity index (χ4v) is 2.97. The van der Waals surface area contributed by atoms with Gasteiger partial charge in [0.2, 0.25) is 5.91 Å². The quantitative estimate of drug-likeness (QED) is 0.539. The third kappa shape index (κ3) is 0.838. The highest BCUT2D eigenvalue weighted by molar-refractivity contribution is 5.86. The van der Waals surface area contributed by atoms with Crippen LogP contribution in [0.4, 0.5) is 0 Å². The Bertz CT molecular complexity index is 226. The van der Waals surface area contributed by atoms with Gasteiger partial charge in [0.05, 0.1) is 5.92 Å². The van der Waals surface area contributed by atoms with Crippen LogP contribution in [0.15, 0.2) is 0 Å². The maximum atomic E-state index is 11.2. The molecular weight excluding hydrogens is 150 g/mol. The standard InChI is InChI=1S/C10H15NO/c12-10-7-4-2-1-3-6-5-8(6)9(7)11-10/h6-9H,1-5H2,(H,11,12)/t6-,7?,8+,9?/m1/s1. The maximum absolute atomic E-state index is 11.2. The lowest BCUT2D eigenvalue weighted by atomic mass is 9.80. The minimum atomic E-state index is 0.326. The molecule has 0 aromatic heterocycles. The van der Waals surface area contributed by atoms with Crippen LogP contribution >= 0.6 is 0 Å². The molecule has 66 valence electrons. The van der Waals surface area contributed by atoms with Crippen LogP contribution < -0.4 is 5.32 Å². The van der Waals surface area contributed by atoms with Crippen LogP contribution in [0.5, 0.6) is 0 Å². The zero-order chi connectivity index (χ0) is 8.13. The minimum Gasteiger partial charge on any atom is -0.352 e. The van der Waals surface area contributed by atoms with Gasteiger partial charge in [0.25, 0.3) is 0 Å². The largest absolute Gasteiger partial charge is 0.352 e. The van der Waals surface area contributed by atoms with E-state index in [0.717, 1.165) is 18.3 Å². The lowest BCUT2D eigenvalue weighted by Crippen LogP contribution is -2.59. The first-order chi connectivity index (χ1) is 5.86. The zero-order valence-electron chi connectivity index (χ0n) is 7.25. The number of fused-ring (bicyclic) bond motifs is 3. The highest BCUT2D eigenvalue weighted by Gasteiger charge is 2.53. The van der Waals surface area contributed by atoms with E-state index in [0.29, 0.717) is 17.9 Å². The molecule has 0 bridgehead atoms. The molecule has 12 heavy (non-hydrogen) atoms. The van der Waals surface area contributed by atoms with Gasteiger partial charge in [-0.1, -0.05) is 19.3 Å². The molecule has 1 N–H and O–H groups in total. The summed E-state index contributed by atoms with van der Waals surface area (Å²) in [5.74, 6) is 2.57. The van der Waals surface area contributed by atoms with E-state index in [2.05, 4.69) is 5.32 Å². The van der Waals surface area contributed by atoms with Crippen molar-refractivity contribution in [1.82, 2.24) is 5.32 Å². The van der Waals surface area contributed by atoms with Gasteiger partial charge in [0.15, 0.2) is 0 Å². The van der Waals surface area contributed by atoms with Crippen LogP contribution in [0.3, 0.4) is 0 Å². The summed E-state index contributed by atoms with van der Waals surface area (Å²) in [6, 6.07) is 0.586. The molecule has 0 spiro atoms. The third-order valence-corrected chi connectivity index (χ3v) is 3.86. The van der Waals surface area contributed by atoms with Crippen LogP contribution in [0.2, 0.25) is 0 Å². The molecule has 0 aromatic carbocycles. The van der Waals surface area contributed by atoms with Gasteiger partial charge in [-0.15, -0.1) is 0 Å². The average molecular weight is 165 g/mol. The van der Waals surface area contributed by atoms with Gasteiger partial charge >= 0.3 is 0 Å². The molecule has 4 atom stereocenters. The minimum absolute atomic E-state index is 0.326. The molecule has 1 amide bonds. The average Bonchev–Trinajstić information content (AvgIpc) is 2.75. The molecule has 2 aliphatic carbocycles. The molecule has 3 fully saturated rings. The number of amides is 1. The van der Waals surface area contributed by atoms with E-state index >= 15 is 0 Å². The second-order valence-corrected chi connectivity index (χ2v) is 4.58. The predicted molar refractivity (Wildman–Crippen MR) is 45.5 cm³/mol. The topological polar surface area (TPSA) is 29.1 Å². The Labute approximate surface area is 72.7 Å². The summed E-state index contributed by atoms with van der Waals surface area (Å²) < 4.78 is 0. The van der Waals surface area contributed by atoms with Crippen LogP contribution in [-0.2, 0) is 4.79 Å². The van der Waals surface area contributed by atoms with E-state index in [1.165, 1.54) is 25.7 Å². The Morgan fingerprint density at radius 1 is 1.25 bits per heavy atom. The monoisotopic (exact) mass is 165 g/mol. The van der Waals surface area contributed by atoms with Gasteiger partial charge < -0.3 is 5.32 Å². The molecular formula is C10H15NO. The third-order valence-electron chi connectivity index (χ3n) is 3.86. The summed E-state index contributed by atoms with van der Waals surface area (Å²) in [6.07, 6.45) is 6.60. The van der Waals surface area contributed by atoms with Crippen LogP contribution in [-0.4, -0.2) is 11.9 Å². The number of nitrogens with one attached hydrogen (secondary N) is 1. The fraction of sp³-hybridized carbons (Fsp3) is 0.900. The summed E-state index contributed by atoms with van der Waals surface area (Å²) in [5.41, 5.74) is 0. The van der Waals surface area contributed by atoms with Crippen molar-refractivity contribution in [2.24, 2.45) is 17.8 Å². The van der Waals surface area contributed by atoms with E-state index in [-0.39, 0.29) is 0 Å². The maximum Gasteiger partial charge on any atom is 0.225 e. The van der Waals surface area contributed by atoms with Gasteiger partial charge in [-0.25, -0.2) is 0 Å².